The molecule has 0 radical (unpaired) electrons. The smallest absolute Gasteiger partial charge is 0.249 e. The van der Waals surface area contributed by atoms with E-state index in [1.165, 1.54) is 4.88 Å². The van der Waals surface area contributed by atoms with E-state index in [1.807, 2.05) is 42.5 Å². The number of benzene rings is 3. The van der Waals surface area contributed by atoms with Crippen LogP contribution in [0.1, 0.15) is 21.5 Å². The zero-order valence-electron chi connectivity index (χ0n) is 16.0. The van der Waals surface area contributed by atoms with Gasteiger partial charge >= 0.3 is 0 Å². The topological polar surface area (TPSA) is 71.8 Å². The van der Waals surface area contributed by atoms with Gasteiger partial charge in [-0.1, -0.05) is 36.4 Å². The predicted octanol–water partition coefficient (Wildman–Crippen LogP) is 5.54. The Balaban J connectivity index is 1.78. The Kier molecular flexibility index (Phi) is 4.35. The molecule has 2 aromatic heterocycles. The van der Waals surface area contributed by atoms with Crippen LogP contribution in [0.25, 0.3) is 32.2 Å². The minimum absolute atomic E-state index is 0.430. The molecule has 0 spiro atoms. The first-order valence-corrected chi connectivity index (χ1v) is 10.4. The maximum absolute atomic E-state index is 12.1. The van der Waals surface area contributed by atoms with E-state index in [9.17, 15) is 4.79 Å². The largest absolute Gasteiger partial charge is 0.366 e. The van der Waals surface area contributed by atoms with E-state index < -0.39 is 5.91 Å². The van der Waals surface area contributed by atoms with Gasteiger partial charge in [-0.2, -0.15) is 5.26 Å². The number of nitriles is 1. The lowest BCUT2D eigenvalue weighted by Crippen LogP contribution is -2.11. The summed E-state index contributed by atoms with van der Waals surface area (Å²) >= 11 is 1.70. The summed E-state index contributed by atoms with van der Waals surface area (Å²) in [6.07, 6.45) is 0. The molecular weight excluding hydrogens is 390 g/mol. The molecule has 0 unspecified atom stereocenters. The monoisotopic (exact) mass is 407 g/mol. The fourth-order valence-corrected chi connectivity index (χ4v) is 4.71. The fraction of sp³-hybridized carbons (Fsp3) is 0.0400. The minimum atomic E-state index is -0.430. The Morgan fingerprint density at radius 1 is 1.00 bits per heavy atom. The van der Waals surface area contributed by atoms with Crippen molar-refractivity contribution in [3.05, 3.63) is 94.9 Å². The molecule has 30 heavy (non-hydrogen) atoms. The number of nitrogens with two attached hydrogens (primary N) is 1. The third kappa shape index (κ3) is 2.95. The highest BCUT2D eigenvalue weighted by atomic mass is 32.1. The maximum atomic E-state index is 12.1. The standard InChI is InChI=1S/C25H17N3OS/c26-14-16-6-8-17(9-7-16)15-28-21-4-1-3-20(25(27)29)24(21)19-11-10-18(13-22(19)28)23-5-2-12-30-23/h1-13H,15H2,(H2,27,29). The molecule has 0 aliphatic rings. The number of carbonyl (C=O) groups excluding carboxylic acids is 1. The normalized spacial score (nSPS) is 11.0. The number of carbonyl (C=O) groups is 1. The third-order valence-corrected chi connectivity index (χ3v) is 6.30. The van der Waals surface area contributed by atoms with Crippen LogP contribution < -0.4 is 5.73 Å². The minimum Gasteiger partial charge on any atom is -0.366 e. The fourth-order valence-electron chi connectivity index (χ4n) is 3.98. The van der Waals surface area contributed by atoms with Gasteiger partial charge in [-0.3, -0.25) is 4.79 Å². The molecule has 0 aliphatic carbocycles. The number of amides is 1. The summed E-state index contributed by atoms with van der Waals surface area (Å²) in [6.45, 7) is 0.627. The van der Waals surface area contributed by atoms with Crippen LogP contribution in [-0.2, 0) is 6.54 Å². The van der Waals surface area contributed by atoms with Crippen molar-refractivity contribution >= 4 is 39.0 Å². The van der Waals surface area contributed by atoms with E-state index in [2.05, 4.69) is 40.3 Å². The Labute approximate surface area is 177 Å². The summed E-state index contributed by atoms with van der Waals surface area (Å²) < 4.78 is 2.22. The van der Waals surface area contributed by atoms with Crippen LogP contribution in [0.2, 0.25) is 0 Å². The number of thiophene rings is 1. The first-order valence-electron chi connectivity index (χ1n) is 9.53. The van der Waals surface area contributed by atoms with Gasteiger partial charge in [-0.15, -0.1) is 11.3 Å². The van der Waals surface area contributed by atoms with Crippen molar-refractivity contribution in [1.82, 2.24) is 4.57 Å². The number of nitrogens with zero attached hydrogens (tertiary/aromatic N) is 2. The van der Waals surface area contributed by atoms with Crippen LogP contribution in [0.15, 0.2) is 78.2 Å². The second-order valence-electron chi connectivity index (χ2n) is 7.17. The van der Waals surface area contributed by atoms with E-state index in [4.69, 9.17) is 11.0 Å². The van der Waals surface area contributed by atoms with Crippen molar-refractivity contribution in [2.24, 2.45) is 5.73 Å². The van der Waals surface area contributed by atoms with E-state index in [0.717, 1.165) is 32.9 Å². The predicted molar refractivity (Wildman–Crippen MR) is 122 cm³/mol. The number of rotatable bonds is 4. The van der Waals surface area contributed by atoms with Crippen molar-refractivity contribution in [1.29, 1.82) is 5.26 Å². The molecule has 3 aromatic carbocycles. The number of aromatic nitrogens is 1. The number of fused-ring (bicyclic) bond motifs is 3. The Hall–Kier alpha value is -3.88. The van der Waals surface area contributed by atoms with Crippen molar-refractivity contribution in [2.45, 2.75) is 6.54 Å². The molecule has 5 rings (SSSR count). The molecular formula is C25H17N3OS. The maximum Gasteiger partial charge on any atom is 0.249 e. The summed E-state index contributed by atoms with van der Waals surface area (Å²) in [5.41, 5.74) is 11.1. The lowest BCUT2D eigenvalue weighted by atomic mass is 10.0. The Bertz CT molecular complexity index is 1440. The van der Waals surface area contributed by atoms with Gasteiger partial charge in [0.2, 0.25) is 5.91 Å². The zero-order valence-corrected chi connectivity index (χ0v) is 16.8. The molecule has 2 N–H and O–H groups in total. The average Bonchev–Trinajstić information content (AvgIpc) is 3.41. The Morgan fingerprint density at radius 3 is 2.53 bits per heavy atom. The highest BCUT2D eigenvalue weighted by Crippen LogP contribution is 2.36. The van der Waals surface area contributed by atoms with Gasteiger partial charge in [-0.25, -0.2) is 0 Å². The lowest BCUT2D eigenvalue weighted by Gasteiger charge is -2.09. The van der Waals surface area contributed by atoms with Crippen molar-refractivity contribution in [3.8, 4) is 16.5 Å². The molecule has 0 saturated carbocycles. The van der Waals surface area contributed by atoms with Crippen LogP contribution in [-0.4, -0.2) is 10.5 Å². The van der Waals surface area contributed by atoms with Gasteiger partial charge in [0.25, 0.3) is 0 Å². The molecule has 0 saturated heterocycles. The molecule has 5 aromatic rings. The number of hydrogen-bond donors (Lipinski definition) is 1. The van der Waals surface area contributed by atoms with Gasteiger partial charge in [0.1, 0.15) is 0 Å². The third-order valence-electron chi connectivity index (χ3n) is 5.39. The molecule has 5 heteroatoms. The second kappa shape index (κ2) is 7.18. The van der Waals surface area contributed by atoms with Crippen molar-refractivity contribution in [2.75, 3.05) is 0 Å². The number of primary amides is 1. The Morgan fingerprint density at radius 2 is 1.83 bits per heavy atom. The molecule has 0 aliphatic heterocycles. The van der Waals surface area contributed by atoms with Gasteiger partial charge in [0.15, 0.2) is 0 Å². The molecule has 2 heterocycles. The summed E-state index contributed by atoms with van der Waals surface area (Å²) in [5.74, 6) is -0.430. The first-order chi connectivity index (χ1) is 14.7. The first kappa shape index (κ1) is 18.2. The van der Waals surface area contributed by atoms with Crippen LogP contribution in [0.3, 0.4) is 0 Å². The lowest BCUT2D eigenvalue weighted by molar-refractivity contribution is 0.100. The van der Waals surface area contributed by atoms with Gasteiger partial charge < -0.3 is 10.3 Å². The summed E-state index contributed by atoms with van der Waals surface area (Å²) in [6, 6.07) is 25.9. The van der Waals surface area contributed by atoms with Gasteiger partial charge in [-0.05, 0) is 52.9 Å². The summed E-state index contributed by atoms with van der Waals surface area (Å²) in [4.78, 5) is 13.3. The highest BCUT2D eigenvalue weighted by Gasteiger charge is 2.17. The SMILES string of the molecule is N#Cc1ccc(Cn2c3cc(-c4cccs4)ccc3c3c(C(N)=O)cccc32)cc1. The van der Waals surface area contributed by atoms with Crippen LogP contribution in [0, 0.1) is 11.3 Å². The van der Waals surface area contributed by atoms with E-state index in [1.54, 1.807) is 17.4 Å². The van der Waals surface area contributed by atoms with Crippen LogP contribution >= 0.6 is 11.3 Å². The summed E-state index contributed by atoms with van der Waals surface area (Å²) in [7, 11) is 0. The van der Waals surface area contributed by atoms with Crippen LogP contribution in [0.5, 0.6) is 0 Å². The van der Waals surface area contributed by atoms with Crippen molar-refractivity contribution in [3.63, 3.8) is 0 Å². The van der Waals surface area contributed by atoms with Crippen molar-refractivity contribution < 1.29 is 4.79 Å². The summed E-state index contributed by atoms with van der Waals surface area (Å²) in [5, 5.41) is 13.0. The molecule has 0 atom stereocenters. The van der Waals surface area contributed by atoms with Gasteiger partial charge in [0.05, 0.1) is 22.7 Å². The zero-order chi connectivity index (χ0) is 20.7. The van der Waals surface area contributed by atoms with E-state index in [0.29, 0.717) is 17.7 Å². The molecule has 1 amide bonds. The second-order valence-corrected chi connectivity index (χ2v) is 8.12. The number of hydrogen-bond acceptors (Lipinski definition) is 3. The molecule has 0 fully saturated rings. The highest BCUT2D eigenvalue weighted by molar-refractivity contribution is 7.13. The van der Waals surface area contributed by atoms with Crippen LogP contribution in [0.4, 0.5) is 0 Å². The molecule has 4 nitrogen and oxygen atoms in total. The van der Waals surface area contributed by atoms with E-state index >= 15 is 0 Å². The van der Waals surface area contributed by atoms with Gasteiger partial charge in [0, 0.05) is 27.8 Å². The molecule has 144 valence electrons. The van der Waals surface area contributed by atoms with E-state index in [-0.39, 0.29) is 0 Å². The average molecular weight is 407 g/mol. The quantitative estimate of drug-likeness (QED) is 0.425. The molecule has 0 bridgehead atoms.